The van der Waals surface area contributed by atoms with Crippen LogP contribution in [0.15, 0.2) is 60.7 Å². The number of rotatable bonds is 6. The fourth-order valence-corrected chi connectivity index (χ4v) is 3.15. The Bertz CT molecular complexity index is 861. The summed E-state index contributed by atoms with van der Waals surface area (Å²) >= 11 is 0. The van der Waals surface area contributed by atoms with E-state index in [0.29, 0.717) is 13.1 Å². The van der Waals surface area contributed by atoms with Crippen LogP contribution in [0.1, 0.15) is 32.9 Å². The van der Waals surface area contributed by atoms with Crippen LogP contribution >= 0.6 is 0 Å². The van der Waals surface area contributed by atoms with Gasteiger partial charge in [0.1, 0.15) is 0 Å². The zero-order valence-corrected chi connectivity index (χ0v) is 15.0. The number of hydrogen-bond acceptors (Lipinski definition) is 2. The van der Waals surface area contributed by atoms with Crippen LogP contribution in [0, 0.1) is 20.8 Å². The van der Waals surface area contributed by atoms with Crippen LogP contribution in [-0.4, -0.2) is 16.9 Å². The Morgan fingerprint density at radius 1 is 0.960 bits per heavy atom. The van der Waals surface area contributed by atoms with Crippen LogP contribution in [0.5, 0.6) is 0 Å². The van der Waals surface area contributed by atoms with Gasteiger partial charge in [0.25, 0.3) is 0 Å². The van der Waals surface area contributed by atoms with Gasteiger partial charge in [0.05, 0.1) is 6.54 Å². The molecule has 3 rings (SSSR count). The molecule has 0 bridgehead atoms. The van der Waals surface area contributed by atoms with Gasteiger partial charge in [0, 0.05) is 29.2 Å². The third-order valence-corrected chi connectivity index (χ3v) is 4.48. The van der Waals surface area contributed by atoms with Gasteiger partial charge in [-0.3, -0.25) is 4.79 Å². The Hall–Kier alpha value is -2.65. The molecule has 2 aromatic carbocycles. The van der Waals surface area contributed by atoms with Crippen molar-refractivity contribution < 1.29 is 4.79 Å². The smallest absolute Gasteiger partial charge is 0.178 e. The molecule has 0 amide bonds. The third-order valence-electron chi connectivity index (χ3n) is 4.48. The van der Waals surface area contributed by atoms with Gasteiger partial charge in [-0.05, 0) is 44.5 Å². The maximum Gasteiger partial charge on any atom is 0.178 e. The maximum absolute atomic E-state index is 12.6. The van der Waals surface area contributed by atoms with Crippen molar-refractivity contribution in [1.82, 2.24) is 9.88 Å². The zero-order valence-electron chi connectivity index (χ0n) is 15.0. The number of aromatic nitrogens is 1. The largest absolute Gasteiger partial charge is 0.318 e. The van der Waals surface area contributed by atoms with Crippen LogP contribution in [-0.2, 0) is 6.54 Å². The Balaban J connectivity index is 1.73. The summed E-state index contributed by atoms with van der Waals surface area (Å²) in [6.45, 7) is 7.17. The number of ketones is 1. The van der Waals surface area contributed by atoms with Gasteiger partial charge in [0.2, 0.25) is 0 Å². The molecule has 1 aromatic heterocycles. The van der Waals surface area contributed by atoms with Crippen molar-refractivity contribution in [2.75, 3.05) is 6.54 Å². The third kappa shape index (κ3) is 3.89. The molecule has 3 aromatic rings. The fraction of sp³-hybridized carbons (Fsp3) is 0.227. The summed E-state index contributed by atoms with van der Waals surface area (Å²) in [6, 6.07) is 20.5. The maximum atomic E-state index is 12.6. The number of carbonyl (C=O) groups is 1. The van der Waals surface area contributed by atoms with Gasteiger partial charge in [-0.25, -0.2) is 0 Å². The van der Waals surface area contributed by atoms with E-state index in [0.717, 1.165) is 22.6 Å². The van der Waals surface area contributed by atoms with Crippen molar-refractivity contribution >= 4 is 5.78 Å². The number of Topliss-reactive ketones (excluding diaryl/α,β-unsaturated/α-hetero) is 1. The molecule has 3 nitrogen and oxygen atoms in total. The summed E-state index contributed by atoms with van der Waals surface area (Å²) in [5, 5.41) is 3.24. The van der Waals surface area contributed by atoms with E-state index < -0.39 is 0 Å². The highest BCUT2D eigenvalue weighted by Gasteiger charge is 2.16. The number of nitrogens with one attached hydrogen (secondary N) is 1. The van der Waals surface area contributed by atoms with Gasteiger partial charge < -0.3 is 9.88 Å². The lowest BCUT2D eigenvalue weighted by atomic mass is 10.1. The molecular weight excluding hydrogens is 308 g/mol. The van der Waals surface area contributed by atoms with Gasteiger partial charge in [-0.15, -0.1) is 0 Å². The number of carbonyl (C=O) groups excluding carboxylic acids is 1. The van der Waals surface area contributed by atoms with Gasteiger partial charge >= 0.3 is 0 Å². The molecule has 1 heterocycles. The average Bonchev–Trinajstić information content (AvgIpc) is 2.91. The zero-order chi connectivity index (χ0) is 17.8. The topological polar surface area (TPSA) is 34.0 Å². The minimum Gasteiger partial charge on any atom is -0.318 e. The van der Waals surface area contributed by atoms with Crippen molar-refractivity contribution in [3.63, 3.8) is 0 Å². The minimum atomic E-state index is 0.127. The summed E-state index contributed by atoms with van der Waals surface area (Å²) in [7, 11) is 0. The number of benzene rings is 2. The Morgan fingerprint density at radius 3 is 2.32 bits per heavy atom. The Morgan fingerprint density at radius 2 is 1.64 bits per heavy atom. The molecule has 0 aliphatic rings. The highest BCUT2D eigenvalue weighted by Crippen LogP contribution is 2.21. The number of hydrogen-bond donors (Lipinski definition) is 1. The average molecular weight is 332 g/mol. The van der Waals surface area contributed by atoms with Crippen LogP contribution < -0.4 is 5.32 Å². The molecule has 0 atom stereocenters. The molecule has 0 fully saturated rings. The van der Waals surface area contributed by atoms with E-state index in [-0.39, 0.29) is 5.78 Å². The van der Waals surface area contributed by atoms with Crippen molar-refractivity contribution in [3.05, 3.63) is 88.7 Å². The second kappa shape index (κ2) is 7.49. The van der Waals surface area contributed by atoms with E-state index in [2.05, 4.69) is 53.2 Å². The van der Waals surface area contributed by atoms with E-state index in [9.17, 15) is 4.79 Å². The monoisotopic (exact) mass is 332 g/mol. The summed E-state index contributed by atoms with van der Waals surface area (Å²) in [5.41, 5.74) is 6.37. The lowest BCUT2D eigenvalue weighted by Gasteiger charge is -2.10. The Labute approximate surface area is 149 Å². The van der Waals surface area contributed by atoms with E-state index in [1.165, 1.54) is 11.1 Å². The molecule has 3 heteroatoms. The number of nitrogens with zero attached hydrogens (tertiary/aromatic N) is 1. The molecule has 0 saturated carbocycles. The van der Waals surface area contributed by atoms with Crippen LogP contribution in [0.4, 0.5) is 0 Å². The molecule has 0 aliphatic carbocycles. The van der Waals surface area contributed by atoms with E-state index in [4.69, 9.17) is 0 Å². The molecule has 0 radical (unpaired) electrons. The molecule has 0 spiro atoms. The molecule has 1 N–H and O–H groups in total. The van der Waals surface area contributed by atoms with E-state index in [1.807, 2.05) is 38.1 Å². The van der Waals surface area contributed by atoms with Crippen LogP contribution in [0.25, 0.3) is 5.69 Å². The predicted octanol–water partition coefficient (Wildman–Crippen LogP) is 4.38. The molecule has 128 valence electrons. The minimum absolute atomic E-state index is 0.127. The first-order valence-corrected chi connectivity index (χ1v) is 8.60. The molecular formula is C22H24N2O. The fourth-order valence-electron chi connectivity index (χ4n) is 3.15. The van der Waals surface area contributed by atoms with Crippen molar-refractivity contribution in [1.29, 1.82) is 0 Å². The van der Waals surface area contributed by atoms with Crippen LogP contribution in [0.2, 0.25) is 0 Å². The van der Waals surface area contributed by atoms with Crippen LogP contribution in [0.3, 0.4) is 0 Å². The molecule has 0 saturated heterocycles. The quantitative estimate of drug-likeness (QED) is 0.680. The van der Waals surface area contributed by atoms with E-state index >= 15 is 0 Å². The summed E-state index contributed by atoms with van der Waals surface area (Å²) in [5.74, 6) is 0.127. The summed E-state index contributed by atoms with van der Waals surface area (Å²) in [6.07, 6.45) is 0. The van der Waals surface area contributed by atoms with E-state index in [1.54, 1.807) is 0 Å². The van der Waals surface area contributed by atoms with Gasteiger partial charge in [0.15, 0.2) is 5.78 Å². The molecule has 0 aliphatic heterocycles. The standard InChI is InChI=1S/C22H24N2O/c1-16-9-11-20(12-10-16)24-17(2)13-21(18(24)3)22(25)15-23-14-19-7-5-4-6-8-19/h4-13,23H,14-15H2,1-3H3. The highest BCUT2D eigenvalue weighted by atomic mass is 16.1. The van der Waals surface area contributed by atoms with Crippen molar-refractivity contribution in [2.24, 2.45) is 0 Å². The number of aryl methyl sites for hydroxylation is 2. The SMILES string of the molecule is Cc1ccc(-n2c(C)cc(C(=O)CNCc3ccccc3)c2C)cc1. The second-order valence-corrected chi connectivity index (χ2v) is 6.47. The predicted molar refractivity (Wildman–Crippen MR) is 102 cm³/mol. The summed E-state index contributed by atoms with van der Waals surface area (Å²) < 4.78 is 2.14. The molecule has 0 unspecified atom stereocenters. The first-order chi connectivity index (χ1) is 12.1. The molecule has 25 heavy (non-hydrogen) atoms. The normalized spacial score (nSPS) is 10.8. The second-order valence-electron chi connectivity index (χ2n) is 6.47. The highest BCUT2D eigenvalue weighted by molar-refractivity contribution is 5.99. The lowest BCUT2D eigenvalue weighted by molar-refractivity contribution is 0.0990. The Kier molecular flexibility index (Phi) is 5.15. The first-order valence-electron chi connectivity index (χ1n) is 8.60. The summed E-state index contributed by atoms with van der Waals surface area (Å²) in [4.78, 5) is 12.6. The van der Waals surface area contributed by atoms with Crippen molar-refractivity contribution in [2.45, 2.75) is 27.3 Å². The first kappa shape index (κ1) is 17.2. The van der Waals surface area contributed by atoms with Gasteiger partial charge in [-0.2, -0.15) is 0 Å². The van der Waals surface area contributed by atoms with Gasteiger partial charge in [-0.1, -0.05) is 48.0 Å². The lowest BCUT2D eigenvalue weighted by Crippen LogP contribution is -2.23. The van der Waals surface area contributed by atoms with Crippen molar-refractivity contribution in [3.8, 4) is 5.69 Å².